The van der Waals surface area contributed by atoms with Gasteiger partial charge < -0.3 is 21.1 Å². The second kappa shape index (κ2) is 7.71. The Morgan fingerprint density at radius 2 is 2.06 bits per heavy atom. The molecule has 4 N–H and O–H groups in total. The third-order valence-corrected chi connectivity index (χ3v) is 2.46. The summed E-state index contributed by atoms with van der Waals surface area (Å²) in [6.07, 6.45) is 2.11. The normalized spacial score (nSPS) is 12.2. The van der Waals surface area contributed by atoms with Gasteiger partial charge in [-0.25, -0.2) is 0 Å². The van der Waals surface area contributed by atoms with Gasteiger partial charge in [0.1, 0.15) is 11.6 Å². The summed E-state index contributed by atoms with van der Waals surface area (Å²) in [6, 6.07) is 2.10. The summed E-state index contributed by atoms with van der Waals surface area (Å²) in [5, 5.41) is 6.45. The van der Waals surface area contributed by atoms with E-state index in [0.29, 0.717) is 6.61 Å². The molecule has 0 aliphatic heterocycles. The number of ether oxygens (including phenoxy) is 1. The molecule has 0 aliphatic carbocycles. The lowest BCUT2D eigenvalue weighted by molar-refractivity contribution is 0.182. The van der Waals surface area contributed by atoms with Crippen LogP contribution in [0.25, 0.3) is 0 Å². The van der Waals surface area contributed by atoms with Gasteiger partial charge in [-0.05, 0) is 13.3 Å². The van der Waals surface area contributed by atoms with Crippen molar-refractivity contribution >= 4 is 17.6 Å². The first kappa shape index (κ1) is 14.5. The van der Waals surface area contributed by atoms with E-state index in [9.17, 15) is 0 Å². The largest absolute Gasteiger partial charge is 0.383 e. The maximum atomic E-state index is 5.68. The molecule has 6 nitrogen and oxygen atoms in total. The molecule has 6 heteroatoms. The predicted molar refractivity (Wildman–Crippen MR) is 74.8 cm³/mol. The lowest BCUT2D eigenvalue weighted by Crippen LogP contribution is -2.25. The van der Waals surface area contributed by atoms with Crippen molar-refractivity contribution in [2.24, 2.45) is 0 Å². The van der Waals surface area contributed by atoms with E-state index in [1.165, 1.54) is 0 Å². The number of nitrogens with one attached hydrogen (secondary N) is 2. The molecule has 18 heavy (non-hydrogen) atoms. The maximum absolute atomic E-state index is 5.68. The molecular weight excluding hydrogens is 230 g/mol. The molecule has 0 saturated heterocycles. The molecule has 0 bridgehead atoms. The van der Waals surface area contributed by atoms with Crippen LogP contribution in [0.1, 0.15) is 26.7 Å². The van der Waals surface area contributed by atoms with Crippen LogP contribution in [0.3, 0.4) is 0 Å². The molecular formula is C12H23N5O. The van der Waals surface area contributed by atoms with E-state index in [2.05, 4.69) is 27.5 Å². The van der Waals surface area contributed by atoms with Gasteiger partial charge in [0.2, 0.25) is 5.95 Å². The number of hydrogen-bond donors (Lipinski definition) is 3. The summed E-state index contributed by atoms with van der Waals surface area (Å²) in [6.45, 7) is 5.60. The summed E-state index contributed by atoms with van der Waals surface area (Å²) in [5.41, 5.74) is 5.68. The number of methoxy groups -OCH3 is 1. The van der Waals surface area contributed by atoms with Crippen molar-refractivity contribution in [1.29, 1.82) is 0 Å². The first-order chi connectivity index (χ1) is 8.69. The van der Waals surface area contributed by atoms with Crippen LogP contribution in [0.15, 0.2) is 6.07 Å². The Labute approximate surface area is 108 Å². The zero-order valence-electron chi connectivity index (χ0n) is 11.4. The van der Waals surface area contributed by atoms with Crippen LogP contribution in [-0.4, -0.2) is 36.3 Å². The Kier molecular flexibility index (Phi) is 6.21. The molecule has 1 heterocycles. The van der Waals surface area contributed by atoms with Crippen LogP contribution < -0.4 is 16.4 Å². The zero-order valence-corrected chi connectivity index (χ0v) is 11.4. The fraction of sp³-hybridized carbons (Fsp3) is 0.667. The first-order valence-electron chi connectivity index (χ1n) is 6.33. The molecule has 0 saturated carbocycles. The molecule has 0 spiro atoms. The van der Waals surface area contributed by atoms with Gasteiger partial charge in [-0.15, -0.1) is 0 Å². The van der Waals surface area contributed by atoms with E-state index in [4.69, 9.17) is 10.5 Å². The van der Waals surface area contributed by atoms with E-state index < -0.39 is 0 Å². The minimum atomic E-state index is 0.240. The van der Waals surface area contributed by atoms with Gasteiger partial charge in [0, 0.05) is 19.7 Å². The quantitative estimate of drug-likeness (QED) is 0.654. The van der Waals surface area contributed by atoms with Gasteiger partial charge in [-0.2, -0.15) is 9.97 Å². The summed E-state index contributed by atoms with van der Waals surface area (Å²) in [7, 11) is 1.70. The van der Waals surface area contributed by atoms with E-state index >= 15 is 0 Å². The molecule has 0 aliphatic rings. The zero-order chi connectivity index (χ0) is 13.4. The van der Waals surface area contributed by atoms with Crippen LogP contribution in [0, 0.1) is 0 Å². The van der Waals surface area contributed by atoms with Crippen molar-refractivity contribution in [1.82, 2.24) is 9.97 Å². The van der Waals surface area contributed by atoms with Crippen molar-refractivity contribution in [2.45, 2.75) is 32.7 Å². The van der Waals surface area contributed by atoms with Crippen molar-refractivity contribution in [3.05, 3.63) is 6.07 Å². The Hall–Kier alpha value is -1.56. The number of nitrogens with two attached hydrogens (primary N) is 1. The number of anilines is 3. The lowest BCUT2D eigenvalue weighted by Gasteiger charge is -2.18. The maximum Gasteiger partial charge on any atom is 0.223 e. The summed E-state index contributed by atoms with van der Waals surface area (Å²) in [5.74, 6) is 1.73. The van der Waals surface area contributed by atoms with Gasteiger partial charge >= 0.3 is 0 Å². The minimum Gasteiger partial charge on any atom is -0.383 e. The Balaban J connectivity index is 2.74. The average molecular weight is 253 g/mol. The Morgan fingerprint density at radius 1 is 1.33 bits per heavy atom. The van der Waals surface area contributed by atoms with Crippen molar-refractivity contribution in [2.75, 3.05) is 36.6 Å². The van der Waals surface area contributed by atoms with Crippen molar-refractivity contribution in [3.8, 4) is 0 Å². The van der Waals surface area contributed by atoms with Crippen LogP contribution >= 0.6 is 0 Å². The second-order valence-electron chi connectivity index (χ2n) is 4.11. The average Bonchev–Trinajstić information content (AvgIpc) is 2.29. The number of aromatic nitrogens is 2. The Bertz CT molecular complexity index is 352. The van der Waals surface area contributed by atoms with Gasteiger partial charge in [0.25, 0.3) is 0 Å². The fourth-order valence-electron chi connectivity index (χ4n) is 1.77. The molecule has 0 fully saturated rings. The minimum absolute atomic E-state index is 0.240. The van der Waals surface area contributed by atoms with E-state index in [-0.39, 0.29) is 12.0 Å². The molecule has 1 aromatic heterocycles. The molecule has 1 rings (SSSR count). The highest BCUT2D eigenvalue weighted by Gasteiger charge is 2.09. The number of hydrogen-bond acceptors (Lipinski definition) is 6. The lowest BCUT2D eigenvalue weighted by atomic mass is 10.2. The smallest absolute Gasteiger partial charge is 0.223 e. The van der Waals surface area contributed by atoms with Crippen LogP contribution in [0.2, 0.25) is 0 Å². The van der Waals surface area contributed by atoms with Gasteiger partial charge in [0.15, 0.2) is 0 Å². The Morgan fingerprint density at radius 3 is 2.67 bits per heavy atom. The topological polar surface area (TPSA) is 85.1 Å². The fourth-order valence-corrected chi connectivity index (χ4v) is 1.77. The summed E-state index contributed by atoms with van der Waals surface area (Å²) >= 11 is 0. The molecule has 1 aromatic rings. The molecule has 0 aromatic carbocycles. The van der Waals surface area contributed by atoms with E-state index in [0.717, 1.165) is 31.0 Å². The summed E-state index contributed by atoms with van der Waals surface area (Å²) < 4.78 is 5.18. The second-order valence-corrected chi connectivity index (χ2v) is 4.11. The standard InChI is InChI=1S/C12H23N5O/c1-4-6-9(8-18-3)15-11-7-10(14-5-2)16-12(13)17-11/h7,9H,4-6,8H2,1-3H3,(H4,13,14,15,16,17). The molecule has 1 unspecified atom stereocenters. The highest BCUT2D eigenvalue weighted by molar-refractivity contribution is 5.51. The third kappa shape index (κ3) is 4.75. The number of nitrogen functional groups attached to an aromatic ring is 1. The van der Waals surface area contributed by atoms with E-state index in [1.807, 2.05) is 13.0 Å². The molecule has 0 radical (unpaired) electrons. The molecule has 1 atom stereocenters. The van der Waals surface area contributed by atoms with Crippen LogP contribution in [0.5, 0.6) is 0 Å². The first-order valence-corrected chi connectivity index (χ1v) is 6.33. The number of rotatable bonds is 8. The highest BCUT2D eigenvalue weighted by atomic mass is 16.5. The van der Waals surface area contributed by atoms with Gasteiger partial charge in [-0.1, -0.05) is 13.3 Å². The SMILES string of the molecule is CCCC(COC)Nc1cc(NCC)nc(N)n1. The van der Waals surface area contributed by atoms with E-state index in [1.54, 1.807) is 7.11 Å². The number of nitrogens with zero attached hydrogens (tertiary/aromatic N) is 2. The van der Waals surface area contributed by atoms with Crippen LogP contribution in [-0.2, 0) is 4.74 Å². The monoisotopic (exact) mass is 253 g/mol. The van der Waals surface area contributed by atoms with Crippen molar-refractivity contribution < 1.29 is 4.74 Å². The van der Waals surface area contributed by atoms with Gasteiger partial charge in [-0.3, -0.25) is 0 Å². The van der Waals surface area contributed by atoms with Crippen LogP contribution in [0.4, 0.5) is 17.6 Å². The van der Waals surface area contributed by atoms with Gasteiger partial charge in [0.05, 0.1) is 12.6 Å². The summed E-state index contributed by atoms with van der Waals surface area (Å²) in [4.78, 5) is 8.29. The highest BCUT2D eigenvalue weighted by Crippen LogP contribution is 2.14. The molecule has 0 amide bonds. The molecule has 102 valence electrons. The van der Waals surface area contributed by atoms with Crippen molar-refractivity contribution in [3.63, 3.8) is 0 Å². The predicted octanol–water partition coefficient (Wildman–Crippen LogP) is 1.72. The third-order valence-electron chi connectivity index (χ3n) is 2.46.